The summed E-state index contributed by atoms with van der Waals surface area (Å²) in [6.07, 6.45) is -0.865. The summed E-state index contributed by atoms with van der Waals surface area (Å²) in [5.41, 5.74) is 0.482. The second-order valence-electron chi connectivity index (χ2n) is 4.60. The second-order valence-corrected chi connectivity index (χ2v) is 4.60. The van der Waals surface area contributed by atoms with Gasteiger partial charge in [0.1, 0.15) is 11.9 Å². The molecule has 1 aromatic carbocycles. The summed E-state index contributed by atoms with van der Waals surface area (Å²) in [4.78, 5) is 24.2. The van der Waals surface area contributed by atoms with E-state index < -0.39 is 29.8 Å². The summed E-state index contributed by atoms with van der Waals surface area (Å²) < 4.78 is 13.0. The van der Waals surface area contributed by atoms with Crippen LogP contribution in [-0.2, 0) is 16.0 Å². The second kappa shape index (κ2) is 5.36. The molecule has 2 atom stereocenters. The van der Waals surface area contributed by atoms with Crippen molar-refractivity contribution in [2.24, 2.45) is 0 Å². The lowest BCUT2D eigenvalue weighted by molar-refractivity contribution is -0.148. The molecule has 1 aromatic rings. The van der Waals surface area contributed by atoms with Gasteiger partial charge in [0.25, 0.3) is 0 Å². The van der Waals surface area contributed by atoms with Crippen molar-refractivity contribution in [2.45, 2.75) is 25.0 Å². The zero-order valence-electron chi connectivity index (χ0n) is 10.1. The highest BCUT2D eigenvalue weighted by atomic mass is 19.1. The molecule has 0 radical (unpaired) electrons. The summed E-state index contributed by atoms with van der Waals surface area (Å²) in [6.45, 7) is 0.00508. The Hall–Kier alpha value is -1.95. The number of hydrogen-bond acceptors (Lipinski definition) is 3. The third kappa shape index (κ3) is 3.08. The third-order valence-electron chi connectivity index (χ3n) is 3.13. The molecule has 0 bridgehead atoms. The SMILES string of the molecule is O=C(O)[C@H]1C[C@@H](O)CN1C(=O)Cc1cccc(F)c1. The van der Waals surface area contributed by atoms with Gasteiger partial charge in [-0.3, -0.25) is 4.79 Å². The van der Waals surface area contributed by atoms with Crippen molar-refractivity contribution in [3.05, 3.63) is 35.6 Å². The maximum absolute atomic E-state index is 13.0. The van der Waals surface area contributed by atoms with E-state index in [1.807, 2.05) is 0 Å². The topological polar surface area (TPSA) is 77.8 Å². The van der Waals surface area contributed by atoms with E-state index in [0.29, 0.717) is 5.56 Å². The van der Waals surface area contributed by atoms with Crippen molar-refractivity contribution >= 4 is 11.9 Å². The van der Waals surface area contributed by atoms with Gasteiger partial charge in [-0.25, -0.2) is 9.18 Å². The molecular weight excluding hydrogens is 253 g/mol. The largest absolute Gasteiger partial charge is 0.480 e. The van der Waals surface area contributed by atoms with Crippen molar-refractivity contribution in [3.63, 3.8) is 0 Å². The molecule has 2 N–H and O–H groups in total. The molecule has 19 heavy (non-hydrogen) atoms. The zero-order chi connectivity index (χ0) is 14.0. The monoisotopic (exact) mass is 267 g/mol. The number of aliphatic hydroxyl groups excluding tert-OH is 1. The van der Waals surface area contributed by atoms with Gasteiger partial charge in [0.05, 0.1) is 12.5 Å². The summed E-state index contributed by atoms with van der Waals surface area (Å²) in [5.74, 6) is -2.00. The van der Waals surface area contributed by atoms with Crippen LogP contribution in [0.15, 0.2) is 24.3 Å². The Bertz CT molecular complexity index is 505. The van der Waals surface area contributed by atoms with Gasteiger partial charge in [-0.2, -0.15) is 0 Å². The molecular formula is C13H14FNO4. The molecule has 0 aliphatic carbocycles. The number of aliphatic hydroxyl groups is 1. The van der Waals surface area contributed by atoms with Crippen LogP contribution >= 0.6 is 0 Å². The fraction of sp³-hybridized carbons (Fsp3) is 0.385. The van der Waals surface area contributed by atoms with Gasteiger partial charge in [0.2, 0.25) is 5.91 Å². The molecule has 1 saturated heterocycles. The van der Waals surface area contributed by atoms with Gasteiger partial charge in [-0.1, -0.05) is 12.1 Å². The summed E-state index contributed by atoms with van der Waals surface area (Å²) >= 11 is 0. The Kier molecular flexibility index (Phi) is 3.80. The van der Waals surface area contributed by atoms with Crippen molar-refractivity contribution in [1.29, 1.82) is 0 Å². The van der Waals surface area contributed by atoms with E-state index in [-0.39, 0.29) is 19.4 Å². The van der Waals surface area contributed by atoms with Gasteiger partial charge in [-0.05, 0) is 17.7 Å². The van der Waals surface area contributed by atoms with E-state index in [0.717, 1.165) is 4.90 Å². The minimum absolute atomic E-state index is 0.00508. The van der Waals surface area contributed by atoms with Crippen LogP contribution in [-0.4, -0.2) is 45.7 Å². The Morgan fingerprint density at radius 1 is 1.42 bits per heavy atom. The molecule has 6 heteroatoms. The predicted octanol–water partition coefficient (Wildman–Crippen LogP) is 0.415. The quantitative estimate of drug-likeness (QED) is 0.831. The minimum atomic E-state index is -1.14. The highest BCUT2D eigenvalue weighted by molar-refractivity contribution is 5.85. The van der Waals surface area contributed by atoms with Gasteiger partial charge >= 0.3 is 5.97 Å². The molecule has 102 valence electrons. The lowest BCUT2D eigenvalue weighted by atomic mass is 10.1. The number of amides is 1. The molecule has 0 aromatic heterocycles. The van der Waals surface area contributed by atoms with Crippen LogP contribution in [0.3, 0.4) is 0 Å². The number of β-amino-alcohol motifs (C(OH)–C–C–N with tert-alkyl or cyclic N) is 1. The van der Waals surface area contributed by atoms with E-state index in [1.165, 1.54) is 18.2 Å². The van der Waals surface area contributed by atoms with Crippen LogP contribution in [0.1, 0.15) is 12.0 Å². The molecule has 0 saturated carbocycles. The number of carbonyl (C=O) groups is 2. The minimum Gasteiger partial charge on any atom is -0.480 e. The van der Waals surface area contributed by atoms with Crippen LogP contribution < -0.4 is 0 Å². The number of halogens is 1. The highest BCUT2D eigenvalue weighted by Crippen LogP contribution is 2.19. The average Bonchev–Trinajstić information content (AvgIpc) is 2.71. The van der Waals surface area contributed by atoms with Gasteiger partial charge in [0, 0.05) is 13.0 Å². The van der Waals surface area contributed by atoms with E-state index in [4.69, 9.17) is 5.11 Å². The number of carboxylic acids is 1. The van der Waals surface area contributed by atoms with E-state index in [2.05, 4.69) is 0 Å². The van der Waals surface area contributed by atoms with Crippen LogP contribution in [0.25, 0.3) is 0 Å². The molecule has 1 aliphatic heterocycles. The first kappa shape index (κ1) is 13.5. The Balaban J connectivity index is 2.09. The Morgan fingerprint density at radius 3 is 2.79 bits per heavy atom. The lowest BCUT2D eigenvalue weighted by Crippen LogP contribution is -2.41. The van der Waals surface area contributed by atoms with E-state index >= 15 is 0 Å². The van der Waals surface area contributed by atoms with Crippen LogP contribution in [0.2, 0.25) is 0 Å². The smallest absolute Gasteiger partial charge is 0.326 e. The number of likely N-dealkylation sites (tertiary alicyclic amines) is 1. The van der Waals surface area contributed by atoms with Crippen molar-refractivity contribution in [3.8, 4) is 0 Å². The first-order valence-electron chi connectivity index (χ1n) is 5.92. The van der Waals surface area contributed by atoms with Crippen molar-refractivity contribution in [2.75, 3.05) is 6.54 Å². The Morgan fingerprint density at radius 2 is 2.16 bits per heavy atom. The first-order valence-corrected chi connectivity index (χ1v) is 5.92. The molecule has 2 rings (SSSR count). The number of rotatable bonds is 3. The molecule has 1 amide bonds. The van der Waals surface area contributed by atoms with Crippen LogP contribution in [0, 0.1) is 5.82 Å². The molecule has 0 spiro atoms. The number of nitrogens with zero attached hydrogens (tertiary/aromatic N) is 1. The third-order valence-corrected chi connectivity index (χ3v) is 3.13. The highest BCUT2D eigenvalue weighted by Gasteiger charge is 2.38. The molecule has 1 fully saturated rings. The van der Waals surface area contributed by atoms with Gasteiger partial charge in [-0.15, -0.1) is 0 Å². The fourth-order valence-corrected chi connectivity index (χ4v) is 2.25. The first-order chi connectivity index (χ1) is 8.97. The summed E-state index contributed by atoms with van der Waals surface area (Å²) in [5, 5.41) is 18.5. The number of carboxylic acid groups (broad SMARTS) is 1. The average molecular weight is 267 g/mol. The summed E-state index contributed by atoms with van der Waals surface area (Å²) in [6, 6.07) is 4.60. The van der Waals surface area contributed by atoms with Crippen molar-refractivity contribution < 1.29 is 24.2 Å². The molecule has 1 heterocycles. The number of hydrogen-bond donors (Lipinski definition) is 2. The molecule has 0 unspecified atom stereocenters. The van der Waals surface area contributed by atoms with Crippen LogP contribution in [0.4, 0.5) is 4.39 Å². The normalized spacial score (nSPS) is 22.5. The maximum atomic E-state index is 13.0. The number of benzene rings is 1. The van der Waals surface area contributed by atoms with Crippen molar-refractivity contribution in [1.82, 2.24) is 4.90 Å². The Labute approximate surface area is 109 Å². The van der Waals surface area contributed by atoms with E-state index in [9.17, 15) is 19.1 Å². The lowest BCUT2D eigenvalue weighted by Gasteiger charge is -2.21. The molecule has 1 aliphatic rings. The fourth-order valence-electron chi connectivity index (χ4n) is 2.25. The number of carbonyl (C=O) groups excluding carboxylic acids is 1. The standard InChI is InChI=1S/C13H14FNO4/c14-9-3-1-2-8(4-9)5-12(17)15-7-10(16)6-11(15)13(18)19/h1-4,10-11,16H,5-7H2,(H,18,19)/t10-,11-/m1/s1. The molecule has 5 nitrogen and oxygen atoms in total. The van der Waals surface area contributed by atoms with E-state index in [1.54, 1.807) is 6.07 Å². The zero-order valence-corrected chi connectivity index (χ0v) is 10.1. The van der Waals surface area contributed by atoms with Gasteiger partial charge in [0.15, 0.2) is 0 Å². The van der Waals surface area contributed by atoms with Gasteiger partial charge < -0.3 is 15.1 Å². The number of aliphatic carboxylic acids is 1. The maximum Gasteiger partial charge on any atom is 0.326 e. The predicted molar refractivity (Wildman–Crippen MR) is 63.9 cm³/mol. The van der Waals surface area contributed by atoms with Crippen LogP contribution in [0.5, 0.6) is 0 Å². The summed E-state index contributed by atoms with van der Waals surface area (Å²) in [7, 11) is 0.